The number of hydrogen-bond donors (Lipinski definition) is 1. The van der Waals surface area contributed by atoms with Crippen molar-refractivity contribution in [1.29, 1.82) is 0 Å². The normalized spacial score (nSPS) is 20.4. The van der Waals surface area contributed by atoms with E-state index in [9.17, 15) is 13.2 Å². The summed E-state index contributed by atoms with van der Waals surface area (Å²) in [4.78, 5) is 2.09. The molecule has 1 aliphatic heterocycles. The molecule has 1 aromatic rings. The summed E-state index contributed by atoms with van der Waals surface area (Å²) in [5.74, 6) is 0. The molecule has 0 aromatic heterocycles. The van der Waals surface area contributed by atoms with Gasteiger partial charge in [0.15, 0.2) is 0 Å². The van der Waals surface area contributed by atoms with Gasteiger partial charge in [-0.05, 0) is 37.6 Å². The van der Waals surface area contributed by atoms with Gasteiger partial charge in [-0.1, -0.05) is 24.9 Å². The lowest BCUT2D eigenvalue weighted by Crippen LogP contribution is -2.37. The standard InChI is InChI=1S/C15H20ClF3N2/c1-2-4-12-10-21(8-3-7-20-12)14-6-5-11(9-13(14)16)15(17,18)19/h5-6,9,12,20H,2-4,7-8,10H2,1H3. The van der Waals surface area contributed by atoms with E-state index in [1.165, 1.54) is 6.07 Å². The van der Waals surface area contributed by atoms with Gasteiger partial charge in [-0.25, -0.2) is 0 Å². The van der Waals surface area contributed by atoms with E-state index in [0.717, 1.165) is 51.0 Å². The van der Waals surface area contributed by atoms with Crippen LogP contribution in [-0.2, 0) is 6.18 Å². The molecule has 0 aliphatic carbocycles. The van der Waals surface area contributed by atoms with E-state index in [1.54, 1.807) is 0 Å². The van der Waals surface area contributed by atoms with Crippen LogP contribution in [0.5, 0.6) is 0 Å². The summed E-state index contributed by atoms with van der Waals surface area (Å²) in [6.45, 7) is 4.64. The highest BCUT2D eigenvalue weighted by molar-refractivity contribution is 6.33. The van der Waals surface area contributed by atoms with Crippen LogP contribution in [0.4, 0.5) is 18.9 Å². The number of nitrogens with one attached hydrogen (secondary N) is 1. The molecule has 1 saturated heterocycles. The van der Waals surface area contributed by atoms with Crippen molar-refractivity contribution in [3.8, 4) is 0 Å². The maximum atomic E-state index is 12.7. The van der Waals surface area contributed by atoms with Gasteiger partial charge in [0.1, 0.15) is 0 Å². The van der Waals surface area contributed by atoms with Crippen LogP contribution in [0.15, 0.2) is 18.2 Å². The highest BCUT2D eigenvalue weighted by atomic mass is 35.5. The number of benzene rings is 1. The van der Waals surface area contributed by atoms with Crippen molar-refractivity contribution in [2.45, 2.75) is 38.4 Å². The Morgan fingerprint density at radius 1 is 1.38 bits per heavy atom. The number of alkyl halides is 3. The Hall–Kier alpha value is -0.940. The minimum atomic E-state index is -4.35. The van der Waals surface area contributed by atoms with Crippen LogP contribution in [0.2, 0.25) is 5.02 Å². The maximum absolute atomic E-state index is 12.7. The van der Waals surface area contributed by atoms with Crippen LogP contribution in [0.25, 0.3) is 0 Å². The van der Waals surface area contributed by atoms with E-state index < -0.39 is 11.7 Å². The largest absolute Gasteiger partial charge is 0.416 e. The van der Waals surface area contributed by atoms with Crippen molar-refractivity contribution in [2.75, 3.05) is 24.5 Å². The van der Waals surface area contributed by atoms with E-state index in [1.807, 2.05) is 0 Å². The summed E-state index contributed by atoms with van der Waals surface area (Å²) in [6.07, 6.45) is -1.27. The Bertz CT molecular complexity index is 476. The number of halogens is 4. The molecule has 0 radical (unpaired) electrons. The fourth-order valence-corrected chi connectivity index (χ4v) is 3.00. The van der Waals surface area contributed by atoms with Crippen molar-refractivity contribution in [2.24, 2.45) is 0 Å². The molecule has 1 aromatic carbocycles. The predicted octanol–water partition coefficient (Wildman–Crippen LogP) is 4.33. The summed E-state index contributed by atoms with van der Waals surface area (Å²) >= 11 is 6.08. The number of rotatable bonds is 3. The predicted molar refractivity (Wildman–Crippen MR) is 80.0 cm³/mol. The Kier molecular flexibility index (Phi) is 5.38. The topological polar surface area (TPSA) is 15.3 Å². The molecule has 1 N–H and O–H groups in total. The smallest absolute Gasteiger partial charge is 0.369 e. The maximum Gasteiger partial charge on any atom is 0.416 e. The Morgan fingerprint density at radius 3 is 2.76 bits per heavy atom. The molecule has 1 atom stereocenters. The second-order valence-corrected chi connectivity index (χ2v) is 5.81. The quantitative estimate of drug-likeness (QED) is 0.892. The Balaban J connectivity index is 2.20. The first-order valence-electron chi connectivity index (χ1n) is 7.27. The summed E-state index contributed by atoms with van der Waals surface area (Å²) < 4.78 is 38.1. The van der Waals surface area contributed by atoms with E-state index in [0.29, 0.717) is 11.7 Å². The lowest BCUT2D eigenvalue weighted by atomic mass is 10.1. The molecule has 0 saturated carbocycles. The van der Waals surface area contributed by atoms with Crippen molar-refractivity contribution in [3.05, 3.63) is 28.8 Å². The third-order valence-corrected chi connectivity index (χ3v) is 4.03. The van der Waals surface area contributed by atoms with E-state index in [2.05, 4.69) is 17.1 Å². The zero-order valence-electron chi connectivity index (χ0n) is 12.0. The lowest BCUT2D eigenvalue weighted by molar-refractivity contribution is -0.137. The molecule has 6 heteroatoms. The van der Waals surface area contributed by atoms with Gasteiger partial charge in [-0.2, -0.15) is 13.2 Å². The molecule has 0 amide bonds. The minimum absolute atomic E-state index is 0.168. The highest BCUT2D eigenvalue weighted by Crippen LogP contribution is 2.35. The first kappa shape index (κ1) is 16.4. The van der Waals surface area contributed by atoms with Crippen LogP contribution in [0.3, 0.4) is 0 Å². The monoisotopic (exact) mass is 320 g/mol. The second kappa shape index (κ2) is 6.88. The zero-order chi connectivity index (χ0) is 15.5. The third-order valence-electron chi connectivity index (χ3n) is 3.73. The zero-order valence-corrected chi connectivity index (χ0v) is 12.8. The molecule has 1 unspecified atom stereocenters. The van der Waals surface area contributed by atoms with Gasteiger partial charge in [0, 0.05) is 19.1 Å². The first-order valence-corrected chi connectivity index (χ1v) is 7.64. The van der Waals surface area contributed by atoms with Gasteiger partial charge >= 0.3 is 6.18 Å². The third kappa shape index (κ3) is 4.27. The first-order chi connectivity index (χ1) is 9.91. The van der Waals surface area contributed by atoms with Crippen molar-refractivity contribution < 1.29 is 13.2 Å². The molecule has 1 heterocycles. The molecule has 2 nitrogen and oxygen atoms in total. The van der Waals surface area contributed by atoms with Crippen LogP contribution < -0.4 is 10.2 Å². The van der Waals surface area contributed by atoms with Gasteiger partial charge in [-0.15, -0.1) is 0 Å². The summed E-state index contributed by atoms with van der Waals surface area (Å²) in [7, 11) is 0. The summed E-state index contributed by atoms with van der Waals surface area (Å²) in [5.41, 5.74) is -0.0104. The summed E-state index contributed by atoms with van der Waals surface area (Å²) in [6, 6.07) is 3.97. The second-order valence-electron chi connectivity index (χ2n) is 5.40. The molecule has 1 fully saturated rings. The molecular formula is C15H20ClF3N2. The molecule has 1 aliphatic rings. The van der Waals surface area contributed by atoms with Crippen LogP contribution in [0.1, 0.15) is 31.7 Å². The average Bonchev–Trinajstić information content (AvgIpc) is 2.63. The molecule has 2 rings (SSSR count). The fraction of sp³-hybridized carbons (Fsp3) is 0.600. The highest BCUT2D eigenvalue weighted by Gasteiger charge is 2.31. The molecule has 118 valence electrons. The van der Waals surface area contributed by atoms with E-state index >= 15 is 0 Å². The molecule has 21 heavy (non-hydrogen) atoms. The van der Waals surface area contributed by atoms with Gasteiger partial charge in [0.05, 0.1) is 16.3 Å². The van der Waals surface area contributed by atoms with Crippen molar-refractivity contribution >= 4 is 17.3 Å². The van der Waals surface area contributed by atoms with E-state index in [4.69, 9.17) is 11.6 Å². The number of hydrogen-bond acceptors (Lipinski definition) is 2. The number of nitrogens with zero attached hydrogens (tertiary/aromatic N) is 1. The molecular weight excluding hydrogens is 301 g/mol. The van der Waals surface area contributed by atoms with Crippen LogP contribution >= 0.6 is 11.6 Å². The van der Waals surface area contributed by atoms with Crippen molar-refractivity contribution in [3.63, 3.8) is 0 Å². The number of anilines is 1. The van der Waals surface area contributed by atoms with Crippen LogP contribution in [-0.4, -0.2) is 25.7 Å². The molecule has 0 bridgehead atoms. The SMILES string of the molecule is CCCC1CN(c2ccc(C(F)(F)F)cc2Cl)CCCN1. The van der Waals surface area contributed by atoms with Crippen molar-refractivity contribution in [1.82, 2.24) is 5.32 Å². The van der Waals surface area contributed by atoms with Gasteiger partial charge in [0.2, 0.25) is 0 Å². The Labute approximate surface area is 128 Å². The minimum Gasteiger partial charge on any atom is -0.369 e. The van der Waals surface area contributed by atoms with Gasteiger partial charge in [-0.3, -0.25) is 0 Å². The van der Waals surface area contributed by atoms with Crippen LogP contribution in [0, 0.1) is 0 Å². The van der Waals surface area contributed by atoms with E-state index in [-0.39, 0.29) is 5.02 Å². The lowest BCUT2D eigenvalue weighted by Gasteiger charge is -2.27. The molecule has 0 spiro atoms. The fourth-order valence-electron chi connectivity index (χ4n) is 2.70. The average molecular weight is 321 g/mol. The summed E-state index contributed by atoms with van der Waals surface area (Å²) in [5, 5.41) is 3.64. The van der Waals surface area contributed by atoms with Gasteiger partial charge < -0.3 is 10.2 Å². The van der Waals surface area contributed by atoms with Gasteiger partial charge in [0.25, 0.3) is 0 Å². The Morgan fingerprint density at radius 2 is 2.14 bits per heavy atom.